The summed E-state index contributed by atoms with van der Waals surface area (Å²) in [5.41, 5.74) is -1.71. The van der Waals surface area contributed by atoms with E-state index in [0.29, 0.717) is 0 Å². The molecule has 1 saturated heterocycles. The van der Waals surface area contributed by atoms with Gasteiger partial charge in [0.2, 0.25) is 0 Å². The predicted molar refractivity (Wildman–Crippen MR) is 155 cm³/mol. The Morgan fingerprint density at radius 2 is 1.67 bits per heavy atom. The number of benzene rings is 3. The molecule has 0 aliphatic carbocycles. The largest absolute Gasteiger partial charge is 0.348 e. The second-order valence-electron chi connectivity index (χ2n) is 11.3. The van der Waals surface area contributed by atoms with Gasteiger partial charge in [0.15, 0.2) is 0 Å². The summed E-state index contributed by atoms with van der Waals surface area (Å²) in [4.78, 5) is 13.1. The van der Waals surface area contributed by atoms with Crippen LogP contribution in [0.15, 0.2) is 65.6 Å². The maximum Gasteiger partial charge on any atom is 0.264 e. The molecule has 7 nitrogen and oxygen atoms in total. The van der Waals surface area contributed by atoms with Crippen LogP contribution < -0.4 is 9.62 Å². The van der Waals surface area contributed by atoms with Gasteiger partial charge in [0, 0.05) is 44.3 Å². The minimum Gasteiger partial charge on any atom is -0.348 e. The first kappa shape index (κ1) is 31.0. The molecular formula is C30H31F4N3O4S2. The standard InChI is InChI=1S/C30H31F4N3O4S2/c1-18(2)27-30(13-15-42(35,39)16-14-30)25-24(37(27)43(40,41)21-9-7-20(31)8-10-21)12-11-23(26(25)32)29(38)36-17-19-5-3-4-6-22(19)28(33)34/h3-12,18,27-28,35H,13-17H2,1-2H3,(H,36,38). The van der Waals surface area contributed by atoms with Crippen molar-refractivity contribution in [2.24, 2.45) is 5.92 Å². The van der Waals surface area contributed by atoms with Gasteiger partial charge in [-0.15, -0.1) is 0 Å². The lowest BCUT2D eigenvalue weighted by molar-refractivity contribution is 0.0944. The molecule has 1 atom stereocenters. The Balaban J connectivity index is 1.63. The quantitative estimate of drug-likeness (QED) is 0.304. The van der Waals surface area contributed by atoms with Gasteiger partial charge in [-0.05, 0) is 60.7 Å². The lowest BCUT2D eigenvalue weighted by atomic mass is 9.68. The highest BCUT2D eigenvalue weighted by Gasteiger charge is 2.58. The molecule has 0 aromatic heterocycles. The number of sulfonamides is 1. The van der Waals surface area contributed by atoms with E-state index >= 15 is 4.39 Å². The van der Waals surface area contributed by atoms with E-state index in [0.717, 1.165) is 34.6 Å². The summed E-state index contributed by atoms with van der Waals surface area (Å²) in [6.45, 7) is 3.27. The number of carbonyl (C=O) groups excluding carboxylic acids is 1. The highest BCUT2D eigenvalue weighted by Crippen LogP contribution is 2.56. The molecule has 3 aromatic rings. The van der Waals surface area contributed by atoms with Crippen molar-refractivity contribution in [2.45, 2.75) is 56.0 Å². The minimum absolute atomic E-state index is 0.0125. The van der Waals surface area contributed by atoms with Crippen LogP contribution in [0.1, 0.15) is 60.2 Å². The van der Waals surface area contributed by atoms with Gasteiger partial charge in [-0.1, -0.05) is 38.1 Å². The van der Waals surface area contributed by atoms with Crippen LogP contribution >= 0.6 is 0 Å². The van der Waals surface area contributed by atoms with Crippen molar-refractivity contribution in [1.82, 2.24) is 5.32 Å². The van der Waals surface area contributed by atoms with E-state index in [4.69, 9.17) is 4.78 Å². The van der Waals surface area contributed by atoms with Crippen LogP contribution in [0.5, 0.6) is 0 Å². The van der Waals surface area contributed by atoms with Crippen LogP contribution in [0.25, 0.3) is 0 Å². The van der Waals surface area contributed by atoms with E-state index in [1.807, 2.05) is 0 Å². The second-order valence-corrected chi connectivity index (χ2v) is 15.6. The van der Waals surface area contributed by atoms with Gasteiger partial charge in [-0.25, -0.2) is 30.2 Å². The van der Waals surface area contributed by atoms with E-state index in [2.05, 4.69) is 5.32 Å². The highest BCUT2D eigenvalue weighted by molar-refractivity contribution is 7.93. The van der Waals surface area contributed by atoms with E-state index < -0.39 is 60.7 Å². The maximum absolute atomic E-state index is 16.7. The zero-order chi connectivity index (χ0) is 31.3. The lowest BCUT2D eigenvalue weighted by Crippen LogP contribution is -2.53. The number of rotatable bonds is 7. The summed E-state index contributed by atoms with van der Waals surface area (Å²) in [7, 11) is -7.34. The number of carbonyl (C=O) groups is 1. The Kier molecular flexibility index (Phi) is 8.10. The number of halogens is 4. The molecule has 0 bridgehead atoms. The number of hydrogen-bond acceptors (Lipinski definition) is 5. The monoisotopic (exact) mass is 637 g/mol. The smallest absolute Gasteiger partial charge is 0.264 e. The molecular weight excluding hydrogens is 606 g/mol. The van der Waals surface area contributed by atoms with Crippen molar-refractivity contribution in [3.05, 3.63) is 94.6 Å². The Morgan fingerprint density at radius 1 is 1.05 bits per heavy atom. The van der Waals surface area contributed by atoms with Crippen LogP contribution in [0.2, 0.25) is 0 Å². The molecule has 1 unspecified atom stereocenters. The molecule has 5 rings (SSSR count). The third kappa shape index (κ3) is 5.41. The molecule has 2 aliphatic rings. The first-order valence-electron chi connectivity index (χ1n) is 13.7. The predicted octanol–water partition coefficient (Wildman–Crippen LogP) is 6.14. The van der Waals surface area contributed by atoms with Crippen LogP contribution in [-0.4, -0.2) is 36.1 Å². The van der Waals surface area contributed by atoms with Crippen LogP contribution in [-0.2, 0) is 31.7 Å². The summed E-state index contributed by atoms with van der Waals surface area (Å²) < 4.78 is 107. The highest BCUT2D eigenvalue weighted by atomic mass is 32.2. The molecule has 0 saturated carbocycles. The maximum atomic E-state index is 16.7. The summed E-state index contributed by atoms with van der Waals surface area (Å²) in [5, 5.41) is 2.50. The average Bonchev–Trinajstić information content (AvgIpc) is 3.26. The van der Waals surface area contributed by atoms with Crippen molar-refractivity contribution >= 4 is 31.3 Å². The number of nitrogens with zero attached hydrogens (tertiary/aromatic N) is 1. The average molecular weight is 638 g/mol. The minimum atomic E-state index is -4.37. The first-order valence-corrected chi connectivity index (χ1v) is 17.0. The van der Waals surface area contributed by atoms with E-state index in [-0.39, 0.29) is 64.1 Å². The SMILES string of the molecule is CC(C)C1N(S(=O)(=O)c2ccc(F)cc2)c2ccc(C(=O)NCc3ccccc3C(F)F)c(F)c2C12CCS(=N)(=O)CC2. The Hall–Kier alpha value is -3.45. The van der Waals surface area contributed by atoms with Crippen molar-refractivity contribution in [2.75, 3.05) is 15.8 Å². The van der Waals surface area contributed by atoms with Gasteiger partial charge in [0.1, 0.15) is 11.6 Å². The molecule has 1 amide bonds. The normalized spacial score (nSPS) is 23.6. The van der Waals surface area contributed by atoms with Crippen LogP contribution in [0.4, 0.5) is 23.2 Å². The van der Waals surface area contributed by atoms with Crippen LogP contribution in [0.3, 0.4) is 0 Å². The Morgan fingerprint density at radius 3 is 2.28 bits per heavy atom. The molecule has 43 heavy (non-hydrogen) atoms. The Bertz CT molecular complexity index is 1770. The molecule has 3 aromatic carbocycles. The number of alkyl halides is 2. The van der Waals surface area contributed by atoms with Gasteiger partial charge in [-0.2, -0.15) is 0 Å². The third-order valence-electron chi connectivity index (χ3n) is 8.41. The van der Waals surface area contributed by atoms with E-state index in [9.17, 15) is 30.6 Å². The van der Waals surface area contributed by atoms with Crippen molar-refractivity contribution < 1.29 is 35.0 Å². The fourth-order valence-electron chi connectivity index (χ4n) is 6.47. The topological polar surface area (TPSA) is 107 Å². The van der Waals surface area contributed by atoms with Gasteiger partial charge >= 0.3 is 0 Å². The van der Waals surface area contributed by atoms with E-state index in [1.165, 1.54) is 24.3 Å². The molecule has 2 aliphatic heterocycles. The zero-order valence-corrected chi connectivity index (χ0v) is 25.1. The second kappa shape index (κ2) is 11.2. The summed E-state index contributed by atoms with van der Waals surface area (Å²) >= 11 is 0. The molecule has 0 radical (unpaired) electrons. The summed E-state index contributed by atoms with van der Waals surface area (Å²) in [5.74, 6) is -3.02. The molecule has 2 heterocycles. The fourth-order valence-corrected chi connectivity index (χ4v) is 9.93. The van der Waals surface area contributed by atoms with Crippen molar-refractivity contribution in [3.63, 3.8) is 0 Å². The summed E-state index contributed by atoms with van der Waals surface area (Å²) in [6, 6.07) is 11.6. The fraction of sp³-hybridized carbons (Fsp3) is 0.367. The number of anilines is 1. The number of nitrogens with one attached hydrogen (secondary N) is 2. The number of amides is 1. The van der Waals surface area contributed by atoms with E-state index in [1.54, 1.807) is 19.9 Å². The number of fused-ring (bicyclic) bond motifs is 2. The zero-order valence-electron chi connectivity index (χ0n) is 23.4. The van der Waals surface area contributed by atoms with Gasteiger partial charge in [0.05, 0.1) is 22.2 Å². The third-order valence-corrected chi connectivity index (χ3v) is 11.9. The van der Waals surface area contributed by atoms with Crippen molar-refractivity contribution in [3.8, 4) is 0 Å². The molecule has 2 N–H and O–H groups in total. The summed E-state index contributed by atoms with van der Waals surface area (Å²) in [6.07, 6.45) is -2.68. The molecule has 230 valence electrons. The lowest BCUT2D eigenvalue weighted by Gasteiger charge is -2.44. The molecule has 1 fully saturated rings. The van der Waals surface area contributed by atoms with Crippen molar-refractivity contribution in [1.29, 1.82) is 4.78 Å². The van der Waals surface area contributed by atoms with Gasteiger partial charge < -0.3 is 5.32 Å². The molecule has 1 spiro atoms. The molecule has 13 heteroatoms. The number of hydrogen-bond donors (Lipinski definition) is 2. The van der Waals surface area contributed by atoms with Crippen LogP contribution in [0, 0.1) is 22.3 Å². The van der Waals surface area contributed by atoms with Gasteiger partial charge in [-0.3, -0.25) is 13.9 Å². The Labute approximate surface area is 248 Å². The van der Waals surface area contributed by atoms with Gasteiger partial charge in [0.25, 0.3) is 22.4 Å². The first-order chi connectivity index (χ1) is 20.2.